The van der Waals surface area contributed by atoms with Crippen LogP contribution in [0.15, 0.2) is 18.7 Å². The van der Waals surface area contributed by atoms with E-state index in [1.54, 1.807) is 12.5 Å². The molecule has 1 aromatic heterocycles. The van der Waals surface area contributed by atoms with Crippen LogP contribution in [0.3, 0.4) is 0 Å². The highest BCUT2D eigenvalue weighted by Crippen LogP contribution is 2.21. The Morgan fingerprint density at radius 2 is 2.26 bits per heavy atom. The Bertz CT molecular complexity index is 401. The molecule has 1 amide bonds. The molecule has 0 aromatic carbocycles. The maximum atomic E-state index is 12.1. The quantitative estimate of drug-likeness (QED) is 0.896. The van der Waals surface area contributed by atoms with Crippen LogP contribution in [0, 0.1) is 0 Å². The molecule has 2 heterocycles. The molecule has 1 atom stereocenters. The third kappa shape index (κ3) is 4.35. The molecule has 0 bridgehead atoms. The number of amides is 1. The van der Waals surface area contributed by atoms with E-state index in [0.29, 0.717) is 19.4 Å². The average Bonchev–Trinajstić information content (AvgIpc) is 2.79. The zero-order valence-corrected chi connectivity index (χ0v) is 11.6. The summed E-state index contributed by atoms with van der Waals surface area (Å²) in [5.41, 5.74) is -0.605. The van der Waals surface area contributed by atoms with Gasteiger partial charge in [-0.05, 0) is 32.6 Å². The van der Waals surface area contributed by atoms with Crippen LogP contribution in [-0.4, -0.2) is 44.2 Å². The monoisotopic (exact) mass is 265 g/mol. The molecule has 0 radical (unpaired) electrons. The van der Waals surface area contributed by atoms with E-state index in [2.05, 4.69) is 4.98 Å². The number of aromatic nitrogens is 2. The molecule has 0 unspecified atom stereocenters. The van der Waals surface area contributed by atoms with Crippen LogP contribution < -0.4 is 0 Å². The normalized spacial score (nSPS) is 24.2. The van der Waals surface area contributed by atoms with Gasteiger partial charge in [-0.15, -0.1) is 0 Å². The van der Waals surface area contributed by atoms with Crippen molar-refractivity contribution >= 4 is 5.91 Å². The lowest BCUT2D eigenvalue weighted by Crippen LogP contribution is -2.33. The number of carbonyl (C=O) groups excluding carboxylic acids is 1. The fourth-order valence-electron chi connectivity index (χ4n) is 2.50. The van der Waals surface area contributed by atoms with Gasteiger partial charge in [0.1, 0.15) is 0 Å². The van der Waals surface area contributed by atoms with E-state index in [4.69, 9.17) is 0 Å². The van der Waals surface area contributed by atoms with Gasteiger partial charge in [0.2, 0.25) is 5.91 Å². The fraction of sp³-hybridized carbons (Fsp3) is 0.714. The summed E-state index contributed by atoms with van der Waals surface area (Å²) >= 11 is 0. The van der Waals surface area contributed by atoms with E-state index in [0.717, 1.165) is 32.4 Å². The summed E-state index contributed by atoms with van der Waals surface area (Å²) < 4.78 is 1.99. The maximum absolute atomic E-state index is 12.1. The van der Waals surface area contributed by atoms with Crippen molar-refractivity contribution in [3.05, 3.63) is 18.7 Å². The van der Waals surface area contributed by atoms with Gasteiger partial charge in [-0.1, -0.05) is 0 Å². The molecule has 0 saturated carbocycles. The van der Waals surface area contributed by atoms with Crippen LogP contribution in [0.4, 0.5) is 0 Å². The Morgan fingerprint density at radius 1 is 1.42 bits per heavy atom. The molecule has 19 heavy (non-hydrogen) atoms. The van der Waals surface area contributed by atoms with Crippen molar-refractivity contribution in [3.8, 4) is 0 Å². The van der Waals surface area contributed by atoms with Crippen LogP contribution in [0.2, 0.25) is 0 Å². The first kappa shape index (κ1) is 14.1. The van der Waals surface area contributed by atoms with Gasteiger partial charge >= 0.3 is 0 Å². The van der Waals surface area contributed by atoms with E-state index in [9.17, 15) is 9.90 Å². The lowest BCUT2D eigenvalue weighted by Gasteiger charge is -2.22. The Balaban J connectivity index is 1.73. The number of rotatable bonds is 4. The van der Waals surface area contributed by atoms with Crippen molar-refractivity contribution in [3.63, 3.8) is 0 Å². The Kier molecular flexibility index (Phi) is 4.58. The number of aryl methyl sites for hydroxylation is 1. The van der Waals surface area contributed by atoms with Gasteiger partial charge < -0.3 is 14.6 Å². The van der Waals surface area contributed by atoms with Gasteiger partial charge in [-0.3, -0.25) is 4.79 Å². The number of likely N-dealkylation sites (tertiary alicyclic amines) is 1. The summed E-state index contributed by atoms with van der Waals surface area (Å²) in [5.74, 6) is 0.206. The topological polar surface area (TPSA) is 58.4 Å². The summed E-state index contributed by atoms with van der Waals surface area (Å²) in [6.07, 6.45) is 9.19. The molecule has 1 saturated heterocycles. The standard InChI is InChI=1S/C14H23N3O2/c1-14(19)5-3-9-17(10-6-14)13(18)4-2-8-16-11-7-15-12-16/h7,11-12,19H,2-6,8-10H2,1H3/t14-/m0/s1. The molecule has 0 aliphatic carbocycles. The molecule has 1 aliphatic rings. The number of aliphatic hydroxyl groups is 1. The van der Waals surface area contributed by atoms with Crippen molar-refractivity contribution in [1.82, 2.24) is 14.5 Å². The summed E-state index contributed by atoms with van der Waals surface area (Å²) in [4.78, 5) is 18.0. The van der Waals surface area contributed by atoms with Gasteiger partial charge in [0.05, 0.1) is 11.9 Å². The molecule has 1 fully saturated rings. The number of hydrogen-bond acceptors (Lipinski definition) is 3. The molecule has 1 aromatic rings. The Morgan fingerprint density at radius 3 is 3.00 bits per heavy atom. The number of hydrogen-bond donors (Lipinski definition) is 1. The second kappa shape index (κ2) is 6.19. The highest BCUT2D eigenvalue weighted by molar-refractivity contribution is 5.76. The van der Waals surface area contributed by atoms with Crippen LogP contribution in [0.1, 0.15) is 39.0 Å². The van der Waals surface area contributed by atoms with Crippen molar-refractivity contribution in [2.75, 3.05) is 13.1 Å². The lowest BCUT2D eigenvalue weighted by molar-refractivity contribution is -0.131. The number of carbonyl (C=O) groups is 1. The molecule has 106 valence electrons. The zero-order valence-electron chi connectivity index (χ0n) is 11.6. The molecular formula is C14H23N3O2. The van der Waals surface area contributed by atoms with E-state index in [1.165, 1.54) is 0 Å². The first-order chi connectivity index (χ1) is 9.07. The van der Waals surface area contributed by atoms with Crippen molar-refractivity contribution in [1.29, 1.82) is 0 Å². The van der Waals surface area contributed by atoms with Crippen LogP contribution in [0.25, 0.3) is 0 Å². The summed E-state index contributed by atoms with van der Waals surface area (Å²) in [7, 11) is 0. The summed E-state index contributed by atoms with van der Waals surface area (Å²) in [6.45, 7) is 4.15. The minimum Gasteiger partial charge on any atom is -0.390 e. The van der Waals surface area contributed by atoms with E-state index in [1.807, 2.05) is 22.6 Å². The SMILES string of the molecule is C[C@]1(O)CCCN(C(=O)CCCn2ccnc2)CC1. The molecule has 1 N–H and O–H groups in total. The van der Waals surface area contributed by atoms with Gasteiger partial charge in [0, 0.05) is 38.4 Å². The number of imidazole rings is 1. The fourth-order valence-corrected chi connectivity index (χ4v) is 2.50. The average molecular weight is 265 g/mol. The van der Waals surface area contributed by atoms with Crippen molar-refractivity contribution < 1.29 is 9.90 Å². The first-order valence-corrected chi connectivity index (χ1v) is 7.03. The summed E-state index contributed by atoms with van der Waals surface area (Å²) in [5, 5.41) is 10.0. The van der Waals surface area contributed by atoms with E-state index < -0.39 is 5.60 Å². The molecular weight excluding hydrogens is 242 g/mol. The van der Waals surface area contributed by atoms with Crippen LogP contribution in [0.5, 0.6) is 0 Å². The Hall–Kier alpha value is -1.36. The predicted octanol–water partition coefficient (Wildman–Crippen LogP) is 1.43. The smallest absolute Gasteiger partial charge is 0.222 e. The minimum absolute atomic E-state index is 0.206. The van der Waals surface area contributed by atoms with E-state index in [-0.39, 0.29) is 5.91 Å². The zero-order chi connectivity index (χ0) is 13.7. The van der Waals surface area contributed by atoms with E-state index >= 15 is 0 Å². The first-order valence-electron chi connectivity index (χ1n) is 7.03. The van der Waals surface area contributed by atoms with Gasteiger partial charge in [-0.25, -0.2) is 4.98 Å². The largest absolute Gasteiger partial charge is 0.390 e. The Labute approximate surface area is 114 Å². The predicted molar refractivity (Wildman–Crippen MR) is 72.5 cm³/mol. The molecule has 5 nitrogen and oxygen atoms in total. The van der Waals surface area contributed by atoms with Gasteiger partial charge in [-0.2, -0.15) is 0 Å². The van der Waals surface area contributed by atoms with Gasteiger partial charge in [0.15, 0.2) is 0 Å². The molecule has 1 aliphatic heterocycles. The second-order valence-corrected chi connectivity index (χ2v) is 5.64. The number of nitrogens with zero attached hydrogens (tertiary/aromatic N) is 3. The molecule has 0 spiro atoms. The second-order valence-electron chi connectivity index (χ2n) is 5.64. The highest BCUT2D eigenvalue weighted by atomic mass is 16.3. The van der Waals surface area contributed by atoms with Crippen LogP contribution >= 0.6 is 0 Å². The van der Waals surface area contributed by atoms with Crippen LogP contribution in [-0.2, 0) is 11.3 Å². The third-order valence-corrected chi connectivity index (χ3v) is 3.78. The lowest BCUT2D eigenvalue weighted by atomic mass is 9.98. The summed E-state index contributed by atoms with van der Waals surface area (Å²) in [6, 6.07) is 0. The van der Waals surface area contributed by atoms with Gasteiger partial charge in [0.25, 0.3) is 0 Å². The minimum atomic E-state index is -0.605. The third-order valence-electron chi connectivity index (χ3n) is 3.78. The molecule has 5 heteroatoms. The maximum Gasteiger partial charge on any atom is 0.222 e. The van der Waals surface area contributed by atoms with Crippen molar-refractivity contribution in [2.24, 2.45) is 0 Å². The highest BCUT2D eigenvalue weighted by Gasteiger charge is 2.26. The van der Waals surface area contributed by atoms with Crippen molar-refractivity contribution in [2.45, 2.75) is 51.2 Å². The molecule has 2 rings (SSSR count).